The fourth-order valence-corrected chi connectivity index (χ4v) is 1.66. The van der Waals surface area contributed by atoms with Crippen molar-refractivity contribution in [3.05, 3.63) is 50.1 Å². The summed E-state index contributed by atoms with van der Waals surface area (Å²) in [5, 5.41) is 26.6. The molecule has 1 N–H and O–H groups in total. The highest BCUT2D eigenvalue weighted by atomic mass is 35.5. The first-order chi connectivity index (χ1) is 9.88. The van der Waals surface area contributed by atoms with Gasteiger partial charge in [0.2, 0.25) is 11.6 Å². The van der Waals surface area contributed by atoms with E-state index in [9.17, 15) is 14.9 Å². The van der Waals surface area contributed by atoms with E-state index in [2.05, 4.69) is 10.2 Å². The molecule has 8 nitrogen and oxygen atoms in total. The van der Waals surface area contributed by atoms with Crippen LogP contribution in [0.2, 0.25) is 10.0 Å². The van der Waals surface area contributed by atoms with Crippen LogP contribution < -0.4 is 4.74 Å². The van der Waals surface area contributed by atoms with Crippen LogP contribution in [0.5, 0.6) is 11.6 Å². The third kappa shape index (κ3) is 3.36. The summed E-state index contributed by atoms with van der Waals surface area (Å²) in [5.74, 6) is -1.57. The number of ether oxygens (including phenoxy) is 1. The minimum Gasteiger partial charge on any atom is -0.476 e. The Bertz CT molecular complexity index is 721. The Balaban J connectivity index is 2.36. The minimum absolute atomic E-state index is 0.00280. The lowest BCUT2D eigenvalue weighted by molar-refractivity contribution is -0.385. The van der Waals surface area contributed by atoms with Gasteiger partial charge in [-0.3, -0.25) is 10.1 Å². The summed E-state index contributed by atoms with van der Waals surface area (Å²) in [6.45, 7) is 0. The Hall–Kier alpha value is -2.45. The summed E-state index contributed by atoms with van der Waals surface area (Å²) in [4.78, 5) is 20.9. The molecule has 21 heavy (non-hydrogen) atoms. The number of nitrogens with zero attached hydrogens (tertiary/aromatic N) is 3. The summed E-state index contributed by atoms with van der Waals surface area (Å²) in [6.07, 6.45) is 0. The molecule has 0 spiro atoms. The van der Waals surface area contributed by atoms with Gasteiger partial charge in [0, 0.05) is 18.2 Å². The second kappa shape index (κ2) is 5.90. The first-order valence-electron chi connectivity index (χ1n) is 5.27. The number of carboxylic acids is 1. The van der Waals surface area contributed by atoms with Crippen molar-refractivity contribution >= 4 is 34.9 Å². The highest BCUT2D eigenvalue weighted by Crippen LogP contribution is 2.37. The predicted octanol–water partition coefficient (Wildman–Crippen LogP) is 3.18. The van der Waals surface area contributed by atoms with E-state index in [1.165, 1.54) is 6.07 Å². The van der Waals surface area contributed by atoms with Crippen LogP contribution in [0.4, 0.5) is 5.69 Å². The Morgan fingerprint density at radius 1 is 1.24 bits per heavy atom. The first-order valence-corrected chi connectivity index (χ1v) is 6.02. The van der Waals surface area contributed by atoms with Gasteiger partial charge in [0.15, 0.2) is 5.69 Å². The molecular formula is C11H5Cl2N3O5. The van der Waals surface area contributed by atoms with Crippen molar-refractivity contribution < 1.29 is 19.6 Å². The van der Waals surface area contributed by atoms with Crippen molar-refractivity contribution in [3.8, 4) is 11.6 Å². The Morgan fingerprint density at radius 2 is 1.90 bits per heavy atom. The van der Waals surface area contributed by atoms with Gasteiger partial charge in [-0.2, -0.15) is 0 Å². The van der Waals surface area contributed by atoms with E-state index in [1.54, 1.807) is 0 Å². The van der Waals surface area contributed by atoms with Gasteiger partial charge < -0.3 is 9.84 Å². The molecule has 0 radical (unpaired) electrons. The lowest BCUT2D eigenvalue weighted by atomic mass is 10.3. The summed E-state index contributed by atoms with van der Waals surface area (Å²) < 4.78 is 5.19. The number of aromatic carboxylic acids is 1. The maximum Gasteiger partial charge on any atom is 0.356 e. The van der Waals surface area contributed by atoms with Crippen LogP contribution in [-0.4, -0.2) is 26.2 Å². The summed E-state index contributed by atoms with van der Waals surface area (Å²) >= 11 is 11.5. The SMILES string of the molecule is O=C(O)c1ccc(Oc2cc(Cl)c(Cl)cc2[N+](=O)[O-])nn1. The lowest BCUT2D eigenvalue weighted by Crippen LogP contribution is -2.02. The molecule has 1 aromatic carbocycles. The third-order valence-electron chi connectivity index (χ3n) is 2.27. The summed E-state index contributed by atoms with van der Waals surface area (Å²) in [5.41, 5.74) is -0.695. The third-order valence-corrected chi connectivity index (χ3v) is 2.99. The predicted molar refractivity (Wildman–Crippen MR) is 72.2 cm³/mol. The van der Waals surface area contributed by atoms with Crippen molar-refractivity contribution in [2.75, 3.05) is 0 Å². The van der Waals surface area contributed by atoms with E-state index in [0.717, 1.165) is 18.2 Å². The molecule has 0 aliphatic rings. The average molecular weight is 330 g/mol. The van der Waals surface area contributed by atoms with Gasteiger partial charge in [-0.25, -0.2) is 4.79 Å². The van der Waals surface area contributed by atoms with Crippen LogP contribution in [0.1, 0.15) is 10.5 Å². The van der Waals surface area contributed by atoms with Crippen LogP contribution in [0.3, 0.4) is 0 Å². The molecular weight excluding hydrogens is 325 g/mol. The monoisotopic (exact) mass is 329 g/mol. The number of hydrogen-bond donors (Lipinski definition) is 1. The average Bonchev–Trinajstić information content (AvgIpc) is 2.43. The van der Waals surface area contributed by atoms with Gasteiger partial charge in [0.1, 0.15) is 0 Å². The molecule has 0 fully saturated rings. The maximum absolute atomic E-state index is 10.9. The fraction of sp³-hybridized carbons (Fsp3) is 0. The van der Waals surface area contributed by atoms with E-state index in [1.807, 2.05) is 0 Å². The van der Waals surface area contributed by atoms with Crippen molar-refractivity contribution in [3.63, 3.8) is 0 Å². The van der Waals surface area contributed by atoms with E-state index >= 15 is 0 Å². The number of aromatic nitrogens is 2. The van der Waals surface area contributed by atoms with Crippen molar-refractivity contribution in [2.45, 2.75) is 0 Å². The van der Waals surface area contributed by atoms with Crippen molar-refractivity contribution in [2.24, 2.45) is 0 Å². The number of nitro groups is 1. The van der Waals surface area contributed by atoms with Gasteiger partial charge in [0.25, 0.3) is 0 Å². The zero-order valence-corrected chi connectivity index (χ0v) is 11.5. The normalized spacial score (nSPS) is 10.2. The molecule has 1 aromatic heterocycles. The molecule has 0 amide bonds. The lowest BCUT2D eigenvalue weighted by Gasteiger charge is -2.06. The molecule has 2 aromatic rings. The van der Waals surface area contributed by atoms with Gasteiger partial charge >= 0.3 is 11.7 Å². The van der Waals surface area contributed by atoms with Crippen LogP contribution in [0, 0.1) is 10.1 Å². The Labute approximate surface area is 127 Å². The van der Waals surface area contributed by atoms with Crippen LogP contribution in [0.25, 0.3) is 0 Å². The van der Waals surface area contributed by atoms with E-state index in [4.69, 9.17) is 33.0 Å². The van der Waals surface area contributed by atoms with Gasteiger partial charge in [0.05, 0.1) is 15.0 Å². The Morgan fingerprint density at radius 3 is 2.43 bits per heavy atom. The number of nitro benzene ring substituents is 1. The molecule has 0 saturated heterocycles. The number of halogens is 2. The molecule has 2 rings (SSSR count). The quantitative estimate of drug-likeness (QED) is 0.676. The minimum atomic E-state index is -1.26. The number of benzene rings is 1. The number of carbonyl (C=O) groups is 1. The summed E-state index contributed by atoms with van der Waals surface area (Å²) in [7, 11) is 0. The molecule has 0 unspecified atom stereocenters. The van der Waals surface area contributed by atoms with E-state index in [-0.39, 0.29) is 27.4 Å². The summed E-state index contributed by atoms with van der Waals surface area (Å²) in [6, 6.07) is 4.56. The Kier molecular flexibility index (Phi) is 4.20. The molecule has 108 valence electrons. The zero-order valence-electron chi connectivity index (χ0n) is 9.99. The number of hydrogen-bond acceptors (Lipinski definition) is 6. The molecule has 0 aliphatic heterocycles. The highest BCUT2D eigenvalue weighted by molar-refractivity contribution is 6.42. The van der Waals surface area contributed by atoms with Crippen LogP contribution in [0.15, 0.2) is 24.3 Å². The van der Waals surface area contributed by atoms with Gasteiger partial charge in [-0.15, -0.1) is 10.2 Å². The van der Waals surface area contributed by atoms with E-state index < -0.39 is 16.6 Å². The molecule has 10 heteroatoms. The van der Waals surface area contributed by atoms with E-state index in [0.29, 0.717) is 0 Å². The topological polar surface area (TPSA) is 115 Å². The molecule has 0 aliphatic carbocycles. The maximum atomic E-state index is 10.9. The fourth-order valence-electron chi connectivity index (χ4n) is 1.34. The second-order valence-corrected chi connectivity index (χ2v) is 4.47. The number of carboxylic acid groups (broad SMARTS) is 1. The van der Waals surface area contributed by atoms with Crippen molar-refractivity contribution in [1.29, 1.82) is 0 Å². The zero-order chi connectivity index (χ0) is 15.6. The largest absolute Gasteiger partial charge is 0.476 e. The van der Waals surface area contributed by atoms with Crippen LogP contribution >= 0.6 is 23.2 Å². The second-order valence-electron chi connectivity index (χ2n) is 3.66. The smallest absolute Gasteiger partial charge is 0.356 e. The molecule has 1 heterocycles. The molecule has 0 saturated carbocycles. The number of rotatable bonds is 4. The highest BCUT2D eigenvalue weighted by Gasteiger charge is 2.20. The van der Waals surface area contributed by atoms with Gasteiger partial charge in [-0.1, -0.05) is 23.2 Å². The van der Waals surface area contributed by atoms with Crippen molar-refractivity contribution in [1.82, 2.24) is 10.2 Å². The molecule has 0 atom stereocenters. The van der Waals surface area contributed by atoms with Gasteiger partial charge in [-0.05, 0) is 6.07 Å². The molecule has 0 bridgehead atoms. The first kappa shape index (κ1) is 14.9. The standard InChI is InChI=1S/C11H5Cl2N3O5/c12-5-3-8(16(19)20)9(4-6(5)13)21-10-2-1-7(11(17)18)14-15-10/h1-4H,(H,17,18). The van der Waals surface area contributed by atoms with Crippen LogP contribution in [-0.2, 0) is 0 Å².